The molecule has 1 aromatic heterocycles. The molecule has 31 heavy (non-hydrogen) atoms. The van der Waals surface area contributed by atoms with Gasteiger partial charge in [-0.1, -0.05) is 30.3 Å². The summed E-state index contributed by atoms with van der Waals surface area (Å²) in [5.74, 6) is -1.85. The van der Waals surface area contributed by atoms with Crippen molar-refractivity contribution >= 4 is 9.84 Å². The van der Waals surface area contributed by atoms with Gasteiger partial charge in [-0.25, -0.2) is 21.9 Å². The van der Waals surface area contributed by atoms with E-state index < -0.39 is 32.9 Å². The zero-order valence-corrected chi connectivity index (χ0v) is 18.0. The molecule has 0 aliphatic rings. The topological polar surface area (TPSA) is 83.3 Å². The molecule has 0 aliphatic heterocycles. The van der Waals surface area contributed by atoms with Crippen molar-refractivity contribution in [1.29, 1.82) is 0 Å². The van der Waals surface area contributed by atoms with Gasteiger partial charge in [0, 0.05) is 18.2 Å². The van der Waals surface area contributed by atoms with E-state index in [1.54, 1.807) is 38.3 Å². The molecule has 1 heterocycles. The molecule has 0 aliphatic carbocycles. The smallest absolute Gasteiger partial charge is 0.156 e. The predicted molar refractivity (Wildman–Crippen MR) is 112 cm³/mol. The van der Waals surface area contributed by atoms with Crippen molar-refractivity contribution in [3.8, 4) is 22.7 Å². The number of benzene rings is 2. The van der Waals surface area contributed by atoms with Gasteiger partial charge in [-0.15, -0.1) is 5.10 Å². The molecule has 3 aromatic rings. The van der Waals surface area contributed by atoms with Crippen molar-refractivity contribution in [2.24, 2.45) is 0 Å². The highest BCUT2D eigenvalue weighted by atomic mass is 32.2. The van der Waals surface area contributed by atoms with E-state index in [9.17, 15) is 12.8 Å². The first-order valence-electron chi connectivity index (χ1n) is 9.67. The van der Waals surface area contributed by atoms with Crippen LogP contribution in [-0.4, -0.2) is 49.5 Å². The van der Waals surface area contributed by atoms with Crippen LogP contribution in [0.2, 0.25) is 0 Å². The molecule has 0 radical (unpaired) electrons. The lowest BCUT2D eigenvalue weighted by Crippen LogP contribution is -2.12. The lowest BCUT2D eigenvalue weighted by molar-refractivity contribution is 0.146. The predicted octanol–water partition coefficient (Wildman–Crippen LogP) is 3.56. The van der Waals surface area contributed by atoms with Gasteiger partial charge in [-0.3, -0.25) is 0 Å². The quantitative estimate of drug-likeness (QED) is 0.439. The Morgan fingerprint density at radius 1 is 1.13 bits per heavy atom. The van der Waals surface area contributed by atoms with Crippen LogP contribution in [0.4, 0.5) is 8.78 Å². The van der Waals surface area contributed by atoms with Crippen LogP contribution in [0.3, 0.4) is 0 Å². The van der Waals surface area contributed by atoms with Crippen LogP contribution in [0.1, 0.15) is 18.9 Å². The average molecular weight is 451 g/mol. The summed E-state index contributed by atoms with van der Waals surface area (Å²) in [7, 11) is -1.93. The fourth-order valence-corrected chi connectivity index (χ4v) is 4.48. The zero-order valence-electron chi connectivity index (χ0n) is 17.2. The van der Waals surface area contributed by atoms with Gasteiger partial charge in [0.1, 0.15) is 23.7 Å². The minimum Gasteiger partial charge on any atom is -0.491 e. The number of ether oxygens (including phenoxy) is 2. The van der Waals surface area contributed by atoms with E-state index in [0.717, 1.165) is 16.8 Å². The van der Waals surface area contributed by atoms with E-state index in [-0.39, 0.29) is 11.3 Å². The monoisotopic (exact) mass is 451 g/mol. The molecule has 10 heteroatoms. The average Bonchev–Trinajstić information content (AvgIpc) is 3.20. The summed E-state index contributed by atoms with van der Waals surface area (Å²) in [4.78, 5) is 0. The van der Waals surface area contributed by atoms with E-state index in [0.29, 0.717) is 36.6 Å². The molecule has 3 rings (SSSR count). The second kappa shape index (κ2) is 9.97. The van der Waals surface area contributed by atoms with Crippen LogP contribution < -0.4 is 4.74 Å². The third-order valence-electron chi connectivity index (χ3n) is 4.45. The van der Waals surface area contributed by atoms with Crippen LogP contribution in [0, 0.1) is 11.6 Å². The maximum Gasteiger partial charge on any atom is 0.156 e. The van der Waals surface area contributed by atoms with Crippen LogP contribution in [0.5, 0.6) is 5.75 Å². The van der Waals surface area contributed by atoms with Gasteiger partial charge in [0.15, 0.2) is 21.5 Å². The van der Waals surface area contributed by atoms with E-state index >= 15 is 4.39 Å². The molecule has 166 valence electrons. The van der Waals surface area contributed by atoms with Crippen molar-refractivity contribution < 1.29 is 26.7 Å². The molecular weight excluding hydrogens is 428 g/mol. The molecule has 0 N–H and O–H groups in total. The Morgan fingerprint density at radius 2 is 1.94 bits per heavy atom. The van der Waals surface area contributed by atoms with Crippen molar-refractivity contribution in [2.75, 3.05) is 26.1 Å². The largest absolute Gasteiger partial charge is 0.491 e. The number of methoxy groups -OCH3 is 1. The van der Waals surface area contributed by atoms with Gasteiger partial charge in [0.2, 0.25) is 0 Å². The summed E-state index contributed by atoms with van der Waals surface area (Å²) in [6.07, 6.45) is 1.79. The fraction of sp³-hybridized carbons (Fsp3) is 0.333. The van der Waals surface area contributed by atoms with Crippen molar-refractivity contribution in [3.63, 3.8) is 0 Å². The van der Waals surface area contributed by atoms with Crippen molar-refractivity contribution in [1.82, 2.24) is 15.0 Å². The lowest BCUT2D eigenvalue weighted by atomic mass is 10.1. The molecule has 2 aromatic carbocycles. The summed E-state index contributed by atoms with van der Waals surface area (Å²) in [5.41, 5.74) is 0.426. The van der Waals surface area contributed by atoms with Gasteiger partial charge in [-0.2, -0.15) is 0 Å². The maximum atomic E-state index is 15.0. The Hall–Kier alpha value is -2.85. The Bertz CT molecular complexity index is 1150. The highest BCUT2D eigenvalue weighted by molar-refractivity contribution is 7.90. The van der Waals surface area contributed by atoms with E-state index in [1.807, 2.05) is 0 Å². The molecule has 0 atom stereocenters. The van der Waals surface area contributed by atoms with Crippen LogP contribution in [0.25, 0.3) is 16.9 Å². The molecule has 0 amide bonds. The summed E-state index contributed by atoms with van der Waals surface area (Å²) >= 11 is 0. The molecule has 0 bridgehead atoms. The molecule has 0 saturated heterocycles. The van der Waals surface area contributed by atoms with Crippen LogP contribution in [0.15, 0.2) is 42.6 Å². The number of aromatic nitrogens is 3. The third-order valence-corrected chi connectivity index (χ3v) is 6.23. The van der Waals surface area contributed by atoms with E-state index in [1.165, 1.54) is 6.20 Å². The van der Waals surface area contributed by atoms with E-state index in [2.05, 4.69) is 10.3 Å². The summed E-state index contributed by atoms with van der Waals surface area (Å²) < 4.78 is 65.1. The van der Waals surface area contributed by atoms with Crippen LogP contribution >= 0.6 is 0 Å². The fourth-order valence-electron chi connectivity index (χ4n) is 3.02. The molecule has 0 saturated carbocycles. The van der Waals surface area contributed by atoms with Crippen LogP contribution in [-0.2, 0) is 20.3 Å². The summed E-state index contributed by atoms with van der Waals surface area (Å²) in [6.45, 7) is 2.53. The molecule has 0 unspecified atom stereocenters. The number of hydrogen-bond acceptors (Lipinski definition) is 6. The first-order valence-corrected chi connectivity index (χ1v) is 11.5. The minimum atomic E-state index is -3.50. The van der Waals surface area contributed by atoms with Gasteiger partial charge in [-0.05, 0) is 24.6 Å². The highest BCUT2D eigenvalue weighted by Gasteiger charge is 2.21. The second-order valence-electron chi connectivity index (χ2n) is 6.88. The van der Waals surface area contributed by atoms with Gasteiger partial charge in [0.25, 0.3) is 0 Å². The minimum absolute atomic E-state index is 0.0740. The Kier molecular flexibility index (Phi) is 7.34. The van der Waals surface area contributed by atoms with E-state index in [4.69, 9.17) is 9.47 Å². The lowest BCUT2D eigenvalue weighted by Gasteiger charge is -2.09. The highest BCUT2D eigenvalue weighted by Crippen LogP contribution is 2.26. The Morgan fingerprint density at radius 3 is 2.68 bits per heavy atom. The zero-order chi connectivity index (χ0) is 22.4. The molecule has 0 spiro atoms. The first kappa shape index (κ1) is 22.8. The third kappa shape index (κ3) is 5.65. The molecule has 7 nitrogen and oxygen atoms in total. The second-order valence-corrected chi connectivity index (χ2v) is 9.06. The summed E-state index contributed by atoms with van der Waals surface area (Å²) in [6, 6.07) is 9.18. The molecular formula is C21H23F2N3O4S. The number of nitrogens with zero attached hydrogens (tertiary/aromatic N) is 3. The maximum absolute atomic E-state index is 15.0. The van der Waals surface area contributed by atoms with Crippen molar-refractivity contribution in [3.05, 3.63) is 59.8 Å². The normalized spacial score (nSPS) is 11.6. The number of hydrogen-bond donors (Lipinski definition) is 0. The van der Waals surface area contributed by atoms with Gasteiger partial charge in [0.05, 0.1) is 24.3 Å². The molecule has 0 fully saturated rings. The Balaban J connectivity index is 1.90. The SMILES string of the molecule is CCCS(=O)(=O)Cc1ccc(F)c(-n2cc(-c3cccc(OCCOC)c3)nn2)c1F. The number of rotatable bonds is 10. The summed E-state index contributed by atoms with van der Waals surface area (Å²) in [5, 5.41) is 7.84. The van der Waals surface area contributed by atoms with Crippen molar-refractivity contribution in [2.45, 2.75) is 19.1 Å². The number of sulfone groups is 1. The van der Waals surface area contributed by atoms with Gasteiger partial charge < -0.3 is 9.47 Å². The number of halogens is 2. The van der Waals surface area contributed by atoms with Gasteiger partial charge >= 0.3 is 0 Å². The standard InChI is InChI=1S/C21H23F2N3O4S/c1-3-11-31(27,28)14-16-7-8-18(22)21(20(16)23)26-13-19(24-25-26)15-5-4-6-17(12-15)30-10-9-29-2/h4-8,12-13H,3,9-11,14H2,1-2H3. The first-order chi connectivity index (χ1) is 14.8. The Labute approximate surface area is 179 Å².